The van der Waals surface area contributed by atoms with Gasteiger partial charge in [0.25, 0.3) is 0 Å². The van der Waals surface area contributed by atoms with E-state index in [2.05, 4.69) is 0 Å². The van der Waals surface area contributed by atoms with Crippen molar-refractivity contribution in [2.75, 3.05) is 26.2 Å². The minimum atomic E-state index is -4.99. The molecule has 1 N–H and O–H groups in total. The number of fused-ring (bicyclic) bond motifs is 1. The zero-order valence-corrected chi connectivity index (χ0v) is 21.6. The molecule has 5 rings (SSSR count). The average molecular weight is 575 g/mol. The molecule has 3 heterocycles. The number of β-amino-alcohol motifs (C(OH)–C–C–N with tert-alkyl or cyclic N) is 1. The molecule has 0 saturated carbocycles. The van der Waals surface area contributed by atoms with Crippen LogP contribution in [0.5, 0.6) is 0 Å². The number of ether oxygens (including phenoxy) is 1. The van der Waals surface area contributed by atoms with Crippen LogP contribution in [0.3, 0.4) is 0 Å². The summed E-state index contributed by atoms with van der Waals surface area (Å²) in [5.41, 5.74) is -2.49. The Bertz CT molecular complexity index is 1200. The van der Waals surface area contributed by atoms with E-state index in [0.29, 0.717) is 50.2 Å². The number of likely N-dealkylation sites (tertiary alicyclic amines) is 1. The number of alkyl halides is 6. The van der Waals surface area contributed by atoms with Gasteiger partial charge in [0.1, 0.15) is 5.82 Å². The fourth-order valence-corrected chi connectivity index (χ4v) is 6.28. The van der Waals surface area contributed by atoms with Crippen LogP contribution in [0.1, 0.15) is 54.0 Å². The molecule has 2 aromatic carbocycles. The summed E-state index contributed by atoms with van der Waals surface area (Å²) in [6, 6.07) is 6.68. The third-order valence-electron chi connectivity index (χ3n) is 8.19. The normalized spacial score (nSPS) is 28.4. The van der Waals surface area contributed by atoms with E-state index in [1.165, 1.54) is 19.1 Å². The van der Waals surface area contributed by atoms with Gasteiger partial charge in [0.05, 0.1) is 35.4 Å². The monoisotopic (exact) mass is 574 g/mol. The molecule has 3 fully saturated rings. The Morgan fingerprint density at radius 2 is 1.62 bits per heavy atom. The fourth-order valence-electron chi connectivity index (χ4n) is 6.28. The van der Waals surface area contributed by atoms with Gasteiger partial charge < -0.3 is 14.7 Å². The molecule has 0 radical (unpaired) electrons. The van der Waals surface area contributed by atoms with Gasteiger partial charge in [-0.2, -0.15) is 26.3 Å². The van der Waals surface area contributed by atoms with Crippen molar-refractivity contribution in [3.63, 3.8) is 0 Å². The lowest BCUT2D eigenvalue weighted by Crippen LogP contribution is -2.35. The molecular formula is C28H29F7N2O3. The van der Waals surface area contributed by atoms with Crippen LogP contribution in [-0.4, -0.2) is 65.2 Å². The third kappa shape index (κ3) is 5.84. The Morgan fingerprint density at radius 1 is 1.00 bits per heavy atom. The second kappa shape index (κ2) is 10.6. The minimum Gasteiger partial charge on any atom is -0.392 e. The van der Waals surface area contributed by atoms with Crippen molar-refractivity contribution >= 4 is 5.91 Å². The molecular weight excluding hydrogens is 545 g/mol. The molecule has 6 atom stereocenters. The van der Waals surface area contributed by atoms with Crippen molar-refractivity contribution in [3.8, 4) is 0 Å². The van der Waals surface area contributed by atoms with Crippen LogP contribution in [0.25, 0.3) is 0 Å². The van der Waals surface area contributed by atoms with Crippen molar-refractivity contribution in [1.82, 2.24) is 9.80 Å². The smallest absolute Gasteiger partial charge is 0.392 e. The number of carbonyl (C=O) groups is 1. The molecule has 3 saturated heterocycles. The first-order chi connectivity index (χ1) is 18.7. The highest BCUT2D eigenvalue weighted by Crippen LogP contribution is 2.46. The summed E-state index contributed by atoms with van der Waals surface area (Å²) in [7, 11) is 0. The molecule has 0 spiro atoms. The summed E-state index contributed by atoms with van der Waals surface area (Å²) in [5.74, 6) is -1.37. The van der Waals surface area contributed by atoms with E-state index < -0.39 is 53.5 Å². The van der Waals surface area contributed by atoms with Gasteiger partial charge in [-0.25, -0.2) is 4.39 Å². The summed E-state index contributed by atoms with van der Waals surface area (Å²) < 4.78 is 100. The lowest BCUT2D eigenvalue weighted by Gasteiger charge is -2.28. The lowest BCUT2D eigenvalue weighted by atomic mass is 9.86. The highest BCUT2D eigenvalue weighted by molar-refractivity contribution is 5.82. The summed E-state index contributed by atoms with van der Waals surface area (Å²) in [6.07, 6.45) is -11.2. The van der Waals surface area contributed by atoms with Crippen molar-refractivity contribution in [1.29, 1.82) is 0 Å². The quantitative estimate of drug-likeness (QED) is 0.471. The van der Waals surface area contributed by atoms with Crippen LogP contribution in [0.2, 0.25) is 0 Å². The first-order valence-corrected chi connectivity index (χ1v) is 13.1. The predicted octanol–water partition coefficient (Wildman–Crippen LogP) is 5.39. The van der Waals surface area contributed by atoms with E-state index in [1.54, 1.807) is 17.0 Å². The SMILES string of the molecule is C[C@@H](O[C@H]1CN2C(=O)C(CN3CC[C@H](O)C3)CC2[C@@H]1c1ccc(F)cc1)c1cc(C(F)(F)F)cc(C(F)(F)F)c1. The molecule has 40 heavy (non-hydrogen) atoms. The lowest BCUT2D eigenvalue weighted by molar-refractivity contribution is -0.143. The predicted molar refractivity (Wildman–Crippen MR) is 130 cm³/mol. The summed E-state index contributed by atoms with van der Waals surface area (Å²) in [4.78, 5) is 17.1. The van der Waals surface area contributed by atoms with Crippen LogP contribution in [-0.2, 0) is 21.9 Å². The first kappa shape index (κ1) is 28.8. The van der Waals surface area contributed by atoms with Crippen LogP contribution >= 0.6 is 0 Å². The molecule has 218 valence electrons. The van der Waals surface area contributed by atoms with Crippen LogP contribution < -0.4 is 0 Å². The Morgan fingerprint density at radius 3 is 2.17 bits per heavy atom. The molecule has 3 aliphatic heterocycles. The Balaban J connectivity index is 1.41. The minimum absolute atomic E-state index is 0.0708. The number of hydrogen-bond donors (Lipinski definition) is 1. The van der Waals surface area contributed by atoms with Crippen molar-refractivity contribution in [2.45, 2.75) is 62.4 Å². The van der Waals surface area contributed by atoms with Gasteiger partial charge in [-0.15, -0.1) is 0 Å². The second-order valence-electron chi connectivity index (χ2n) is 10.9. The Kier molecular flexibility index (Phi) is 7.64. The number of amides is 1. The van der Waals surface area contributed by atoms with E-state index in [4.69, 9.17) is 4.74 Å². The molecule has 5 nitrogen and oxygen atoms in total. The molecule has 0 bridgehead atoms. The number of halogens is 7. The van der Waals surface area contributed by atoms with Crippen molar-refractivity contribution < 1.29 is 45.4 Å². The molecule has 3 aliphatic rings. The highest BCUT2D eigenvalue weighted by Gasteiger charge is 2.53. The number of nitrogens with zero attached hydrogens (tertiary/aromatic N) is 2. The van der Waals surface area contributed by atoms with Gasteiger partial charge in [-0.3, -0.25) is 9.69 Å². The summed E-state index contributed by atoms with van der Waals surface area (Å²) in [5, 5.41) is 9.84. The van der Waals surface area contributed by atoms with E-state index in [9.17, 15) is 40.6 Å². The molecule has 12 heteroatoms. The van der Waals surface area contributed by atoms with Gasteiger partial charge in [0, 0.05) is 38.1 Å². The fraction of sp³-hybridized carbons (Fsp3) is 0.536. The first-order valence-electron chi connectivity index (χ1n) is 13.1. The molecule has 0 aliphatic carbocycles. The zero-order chi connectivity index (χ0) is 29.0. The molecule has 1 amide bonds. The number of aliphatic hydroxyl groups excluding tert-OH is 1. The number of aliphatic hydroxyl groups is 1. The topological polar surface area (TPSA) is 53.0 Å². The zero-order valence-electron chi connectivity index (χ0n) is 21.6. The number of rotatable bonds is 6. The highest BCUT2D eigenvalue weighted by atomic mass is 19.4. The number of benzene rings is 2. The van der Waals surface area contributed by atoms with Crippen molar-refractivity contribution in [2.24, 2.45) is 5.92 Å². The maximum Gasteiger partial charge on any atom is 0.416 e. The Labute approximate surface area is 226 Å². The molecule has 2 unspecified atom stereocenters. The van der Waals surface area contributed by atoms with Crippen LogP contribution in [0.4, 0.5) is 30.7 Å². The van der Waals surface area contributed by atoms with Crippen molar-refractivity contribution in [3.05, 3.63) is 70.5 Å². The largest absolute Gasteiger partial charge is 0.416 e. The van der Waals surface area contributed by atoms with Gasteiger partial charge in [-0.05, 0) is 61.2 Å². The number of hydrogen-bond acceptors (Lipinski definition) is 4. The Hall–Kier alpha value is -2.70. The maximum atomic E-state index is 13.7. The average Bonchev–Trinajstić information content (AvgIpc) is 3.53. The summed E-state index contributed by atoms with van der Waals surface area (Å²) in [6.45, 7) is 3.11. The molecule has 0 aromatic heterocycles. The van der Waals surface area contributed by atoms with E-state index in [1.807, 2.05) is 4.90 Å². The van der Waals surface area contributed by atoms with Crippen LogP contribution in [0.15, 0.2) is 42.5 Å². The van der Waals surface area contributed by atoms with E-state index in [-0.39, 0.29) is 36.0 Å². The molecule has 2 aromatic rings. The standard InChI is InChI=1S/C28H29F7N2O3/c1-15(17-8-19(27(30,31)32)11-20(9-17)28(33,34)35)40-24-14-37-23(25(24)16-2-4-21(29)5-3-16)10-18(26(37)39)12-36-7-6-22(38)13-36/h2-5,8-9,11,15,18,22-25,38H,6-7,10,12-14H2,1H3/t15-,18?,22+,23?,24+,25+/m1/s1. The van der Waals surface area contributed by atoms with E-state index >= 15 is 0 Å². The third-order valence-corrected chi connectivity index (χ3v) is 8.19. The van der Waals surface area contributed by atoms with Gasteiger partial charge in [0.15, 0.2) is 0 Å². The van der Waals surface area contributed by atoms with Gasteiger partial charge >= 0.3 is 12.4 Å². The second-order valence-corrected chi connectivity index (χ2v) is 10.9. The van der Waals surface area contributed by atoms with Crippen LogP contribution in [0, 0.1) is 11.7 Å². The number of carbonyl (C=O) groups excluding carboxylic acids is 1. The summed E-state index contributed by atoms with van der Waals surface area (Å²) >= 11 is 0. The van der Waals surface area contributed by atoms with E-state index in [0.717, 1.165) is 0 Å². The maximum absolute atomic E-state index is 13.7. The van der Waals surface area contributed by atoms with Gasteiger partial charge in [0.2, 0.25) is 5.91 Å². The van der Waals surface area contributed by atoms with Gasteiger partial charge in [-0.1, -0.05) is 12.1 Å².